The summed E-state index contributed by atoms with van der Waals surface area (Å²) in [5.74, 6) is 1.81. The van der Waals surface area contributed by atoms with E-state index < -0.39 is 0 Å². The van der Waals surface area contributed by atoms with Crippen LogP contribution in [0.5, 0.6) is 0 Å². The number of nitrogens with zero attached hydrogens (tertiary/aromatic N) is 2. The second-order valence-corrected chi connectivity index (χ2v) is 5.55. The first-order chi connectivity index (χ1) is 7.66. The lowest BCUT2D eigenvalue weighted by atomic mass is 9.87. The van der Waals surface area contributed by atoms with Crippen LogP contribution >= 0.6 is 0 Å². The first-order valence-corrected chi connectivity index (χ1v) is 6.52. The van der Waals surface area contributed by atoms with E-state index in [4.69, 9.17) is 0 Å². The van der Waals surface area contributed by atoms with Gasteiger partial charge in [-0.05, 0) is 37.8 Å². The van der Waals surface area contributed by atoms with Gasteiger partial charge in [0.05, 0.1) is 6.67 Å². The molecule has 0 spiro atoms. The van der Waals surface area contributed by atoms with E-state index in [0.717, 1.165) is 25.0 Å². The zero-order chi connectivity index (χ0) is 11.5. The van der Waals surface area contributed by atoms with E-state index in [1.807, 2.05) is 0 Å². The van der Waals surface area contributed by atoms with Crippen molar-refractivity contribution in [3.8, 4) is 0 Å². The normalized spacial score (nSPS) is 23.8. The van der Waals surface area contributed by atoms with Gasteiger partial charge in [0, 0.05) is 25.5 Å². The zero-order valence-electron chi connectivity index (χ0n) is 10.9. The summed E-state index contributed by atoms with van der Waals surface area (Å²) < 4.78 is 0. The molecule has 2 heterocycles. The maximum absolute atomic E-state index is 3.28. The molecule has 0 amide bonds. The molecule has 0 bridgehead atoms. The van der Waals surface area contributed by atoms with Crippen molar-refractivity contribution in [3.63, 3.8) is 0 Å². The third-order valence-electron chi connectivity index (χ3n) is 4.05. The molecule has 1 fully saturated rings. The van der Waals surface area contributed by atoms with Gasteiger partial charge in [0.2, 0.25) is 0 Å². The van der Waals surface area contributed by atoms with Crippen LogP contribution in [0, 0.1) is 11.8 Å². The molecular weight excluding hydrogens is 198 g/mol. The molecule has 2 rings (SSSR count). The fourth-order valence-corrected chi connectivity index (χ4v) is 2.69. The third-order valence-corrected chi connectivity index (χ3v) is 4.05. The predicted molar refractivity (Wildman–Crippen MR) is 67.9 cm³/mol. The van der Waals surface area contributed by atoms with Gasteiger partial charge in [0.25, 0.3) is 0 Å². The average molecular weight is 223 g/mol. The average Bonchev–Trinajstić information content (AvgIpc) is 2.65. The largest absolute Gasteiger partial charge is 0.372 e. The molecule has 16 heavy (non-hydrogen) atoms. The van der Waals surface area contributed by atoms with Gasteiger partial charge in [-0.15, -0.1) is 0 Å². The first-order valence-electron chi connectivity index (χ1n) is 6.52. The van der Waals surface area contributed by atoms with Gasteiger partial charge in [-0.1, -0.05) is 13.8 Å². The molecule has 0 aromatic heterocycles. The van der Waals surface area contributed by atoms with E-state index in [2.05, 4.69) is 42.2 Å². The second kappa shape index (κ2) is 5.09. The van der Waals surface area contributed by atoms with Crippen LogP contribution in [-0.2, 0) is 0 Å². The molecule has 3 heteroatoms. The van der Waals surface area contributed by atoms with Crippen LogP contribution in [0.1, 0.15) is 26.7 Å². The first kappa shape index (κ1) is 11.8. The minimum Gasteiger partial charge on any atom is -0.372 e. The molecular formula is C13H25N3. The van der Waals surface area contributed by atoms with Crippen molar-refractivity contribution >= 4 is 0 Å². The van der Waals surface area contributed by atoms with E-state index in [9.17, 15) is 0 Å². The smallest absolute Gasteiger partial charge is 0.0867 e. The Bertz CT molecular complexity index is 252. The summed E-state index contributed by atoms with van der Waals surface area (Å²) in [6.07, 6.45) is 4.92. The highest BCUT2D eigenvalue weighted by Gasteiger charge is 2.23. The van der Waals surface area contributed by atoms with Gasteiger partial charge in [-0.25, -0.2) is 0 Å². The van der Waals surface area contributed by atoms with Crippen LogP contribution in [0.2, 0.25) is 0 Å². The number of nitrogens with one attached hydrogen (secondary N) is 1. The van der Waals surface area contributed by atoms with Crippen molar-refractivity contribution in [1.82, 2.24) is 15.1 Å². The van der Waals surface area contributed by atoms with E-state index in [0.29, 0.717) is 0 Å². The highest BCUT2D eigenvalue weighted by Crippen LogP contribution is 2.25. The fourth-order valence-electron chi connectivity index (χ4n) is 2.69. The monoisotopic (exact) mass is 223 g/mol. The van der Waals surface area contributed by atoms with Gasteiger partial charge < -0.3 is 10.2 Å². The van der Waals surface area contributed by atoms with Gasteiger partial charge in [0.15, 0.2) is 0 Å². The van der Waals surface area contributed by atoms with E-state index in [1.54, 1.807) is 0 Å². The van der Waals surface area contributed by atoms with Gasteiger partial charge in [-0.2, -0.15) is 0 Å². The molecule has 0 aromatic carbocycles. The summed E-state index contributed by atoms with van der Waals surface area (Å²) in [6.45, 7) is 9.35. The molecule has 92 valence electrons. The van der Waals surface area contributed by atoms with E-state index in [-0.39, 0.29) is 0 Å². The summed E-state index contributed by atoms with van der Waals surface area (Å²) in [4.78, 5) is 4.89. The number of likely N-dealkylation sites (N-methyl/N-ethyl adjacent to an activating group) is 1. The number of rotatable bonds is 3. The summed E-state index contributed by atoms with van der Waals surface area (Å²) in [5.41, 5.74) is 1.43. The summed E-state index contributed by atoms with van der Waals surface area (Å²) in [5, 5.41) is 3.28. The standard InChI is InChI=1S/C13H25N3/c1-11(2)12-4-6-16(7-5-12)9-13-8-14-10-15(13)3/h8,11-12,14H,4-7,9-10H2,1-3H3. The topological polar surface area (TPSA) is 18.5 Å². The molecule has 2 aliphatic rings. The quantitative estimate of drug-likeness (QED) is 0.785. The Morgan fingerprint density at radius 3 is 2.56 bits per heavy atom. The lowest BCUT2D eigenvalue weighted by Gasteiger charge is -2.34. The molecule has 0 unspecified atom stereocenters. The summed E-state index contributed by atoms with van der Waals surface area (Å²) in [7, 11) is 2.16. The summed E-state index contributed by atoms with van der Waals surface area (Å²) in [6, 6.07) is 0. The SMILES string of the molecule is CC(C)C1CCN(CC2=CNCN2C)CC1. The molecule has 0 saturated carbocycles. The Morgan fingerprint density at radius 2 is 2.06 bits per heavy atom. The van der Waals surface area contributed by atoms with Gasteiger partial charge in [0.1, 0.15) is 0 Å². The van der Waals surface area contributed by atoms with Crippen molar-refractivity contribution in [1.29, 1.82) is 0 Å². The third kappa shape index (κ3) is 2.70. The van der Waals surface area contributed by atoms with Crippen molar-refractivity contribution in [2.45, 2.75) is 26.7 Å². The molecule has 0 radical (unpaired) electrons. The molecule has 3 nitrogen and oxygen atoms in total. The zero-order valence-corrected chi connectivity index (χ0v) is 10.9. The molecule has 1 saturated heterocycles. The molecule has 0 aromatic rings. The molecule has 0 aliphatic carbocycles. The van der Waals surface area contributed by atoms with Crippen molar-refractivity contribution in [2.24, 2.45) is 11.8 Å². The number of likely N-dealkylation sites (tertiary alicyclic amines) is 1. The Morgan fingerprint density at radius 1 is 1.38 bits per heavy atom. The van der Waals surface area contributed by atoms with Crippen molar-refractivity contribution in [2.75, 3.05) is 33.4 Å². The Balaban J connectivity index is 1.77. The Hall–Kier alpha value is -0.700. The van der Waals surface area contributed by atoms with Crippen LogP contribution in [0.3, 0.4) is 0 Å². The Kier molecular flexibility index (Phi) is 3.74. The van der Waals surface area contributed by atoms with Crippen LogP contribution in [0.4, 0.5) is 0 Å². The minimum atomic E-state index is 0.859. The lowest BCUT2D eigenvalue weighted by molar-refractivity contribution is 0.160. The van der Waals surface area contributed by atoms with Crippen LogP contribution in [0.15, 0.2) is 11.9 Å². The van der Waals surface area contributed by atoms with Crippen LogP contribution in [-0.4, -0.2) is 43.2 Å². The lowest BCUT2D eigenvalue weighted by Crippen LogP contribution is -2.38. The number of hydrogen-bond donors (Lipinski definition) is 1. The predicted octanol–water partition coefficient (Wildman–Crippen LogP) is 1.69. The minimum absolute atomic E-state index is 0.859. The fraction of sp³-hybridized carbons (Fsp3) is 0.846. The molecule has 1 N–H and O–H groups in total. The van der Waals surface area contributed by atoms with Gasteiger partial charge >= 0.3 is 0 Å². The highest BCUT2D eigenvalue weighted by atomic mass is 15.3. The molecule has 0 atom stereocenters. The Labute approximate surface area is 99.5 Å². The maximum Gasteiger partial charge on any atom is 0.0867 e. The second-order valence-electron chi connectivity index (χ2n) is 5.55. The van der Waals surface area contributed by atoms with Crippen LogP contribution < -0.4 is 5.32 Å². The maximum atomic E-state index is 3.28. The van der Waals surface area contributed by atoms with Crippen molar-refractivity contribution < 1.29 is 0 Å². The van der Waals surface area contributed by atoms with E-state index >= 15 is 0 Å². The summed E-state index contributed by atoms with van der Waals surface area (Å²) >= 11 is 0. The van der Waals surface area contributed by atoms with Crippen molar-refractivity contribution in [3.05, 3.63) is 11.9 Å². The van der Waals surface area contributed by atoms with Gasteiger partial charge in [-0.3, -0.25) is 4.90 Å². The number of hydrogen-bond acceptors (Lipinski definition) is 3. The number of piperidine rings is 1. The van der Waals surface area contributed by atoms with Crippen LogP contribution in [0.25, 0.3) is 0 Å². The van der Waals surface area contributed by atoms with E-state index in [1.165, 1.54) is 31.6 Å². The molecule has 2 aliphatic heterocycles. The highest BCUT2D eigenvalue weighted by molar-refractivity contribution is 5.06.